The number of aryl methyl sites for hydroxylation is 1. The van der Waals surface area contributed by atoms with Gasteiger partial charge < -0.3 is 0 Å². The first-order valence-corrected chi connectivity index (χ1v) is 16.5. The zero-order valence-electron chi connectivity index (χ0n) is 24.2. The van der Waals surface area contributed by atoms with Crippen molar-refractivity contribution in [1.82, 2.24) is 0 Å². The molecule has 0 bridgehead atoms. The molecule has 0 aliphatic heterocycles. The van der Waals surface area contributed by atoms with Crippen LogP contribution < -0.4 is 0 Å². The summed E-state index contributed by atoms with van der Waals surface area (Å²) < 4.78 is 0. The Labute approximate surface area is 222 Å². The molecule has 0 N–H and O–H groups in total. The molecule has 0 amide bonds. The van der Waals surface area contributed by atoms with Crippen molar-refractivity contribution < 1.29 is 0 Å². The van der Waals surface area contributed by atoms with Crippen LogP contribution in [0.2, 0.25) is 0 Å². The average molecular weight is 485 g/mol. The molecule has 0 heteroatoms. The van der Waals surface area contributed by atoms with Crippen LogP contribution in [0.1, 0.15) is 186 Å². The lowest BCUT2D eigenvalue weighted by Crippen LogP contribution is -1.86. The Balaban J connectivity index is 1.63. The average Bonchev–Trinajstić information content (AvgIpc) is 2.89. The van der Waals surface area contributed by atoms with Crippen molar-refractivity contribution in [3.63, 3.8) is 0 Å². The quantitative estimate of drug-likeness (QED) is 0.104. The number of benzene rings is 1. The van der Waals surface area contributed by atoms with Crippen LogP contribution in [0.3, 0.4) is 0 Å². The van der Waals surface area contributed by atoms with Gasteiger partial charge in [0.15, 0.2) is 0 Å². The number of hydrogen-bond donors (Lipinski definition) is 0. The first-order valence-electron chi connectivity index (χ1n) is 16.5. The molecule has 0 spiro atoms. The molecule has 0 aromatic heterocycles. The second-order valence-electron chi connectivity index (χ2n) is 11.4. The van der Waals surface area contributed by atoms with Crippen LogP contribution >= 0.6 is 0 Å². The molecular weight excluding hydrogens is 420 g/mol. The lowest BCUT2D eigenvalue weighted by atomic mass is 10.0. The van der Waals surface area contributed by atoms with Crippen molar-refractivity contribution in [3.8, 4) is 0 Å². The van der Waals surface area contributed by atoms with Crippen LogP contribution in [-0.4, -0.2) is 0 Å². The predicted octanol–water partition coefficient (Wildman–Crippen LogP) is 12.8. The second-order valence-corrected chi connectivity index (χ2v) is 11.4. The van der Waals surface area contributed by atoms with Gasteiger partial charge in [-0.25, -0.2) is 0 Å². The van der Waals surface area contributed by atoms with E-state index in [1.165, 1.54) is 185 Å². The number of hydrogen-bond acceptors (Lipinski definition) is 0. The fourth-order valence-corrected chi connectivity index (χ4v) is 5.47. The van der Waals surface area contributed by atoms with Gasteiger partial charge in [0.1, 0.15) is 0 Å². The molecule has 0 saturated heterocycles. The molecule has 0 aliphatic carbocycles. The smallest absolute Gasteiger partial charge is 0.0279 e. The normalized spacial score (nSPS) is 11.3. The van der Waals surface area contributed by atoms with Crippen LogP contribution in [0.4, 0.5) is 0 Å². The number of rotatable bonds is 28. The Kier molecular flexibility index (Phi) is 25.6. The molecule has 0 heterocycles. The largest absolute Gasteiger partial charge is 0.0654 e. The van der Waals surface area contributed by atoms with E-state index in [2.05, 4.69) is 37.3 Å². The van der Waals surface area contributed by atoms with Crippen molar-refractivity contribution in [2.75, 3.05) is 0 Å². The molecule has 0 unspecified atom stereocenters. The maximum absolute atomic E-state index is 2.31. The van der Waals surface area contributed by atoms with Crippen LogP contribution in [0.15, 0.2) is 30.3 Å². The Morgan fingerprint density at radius 2 is 0.571 bits per heavy atom. The highest BCUT2D eigenvalue weighted by atomic mass is 14.0. The van der Waals surface area contributed by atoms with E-state index in [0.29, 0.717) is 0 Å². The van der Waals surface area contributed by atoms with Gasteiger partial charge in [0.05, 0.1) is 0 Å². The van der Waals surface area contributed by atoms with Crippen molar-refractivity contribution in [2.45, 2.75) is 187 Å². The van der Waals surface area contributed by atoms with Crippen LogP contribution in [0.5, 0.6) is 0 Å². The van der Waals surface area contributed by atoms with Gasteiger partial charge in [-0.05, 0) is 18.4 Å². The molecule has 1 aromatic rings. The highest BCUT2D eigenvalue weighted by molar-refractivity contribution is 5.14. The number of unbranched alkanes of at least 4 members (excludes halogenated alkanes) is 26. The van der Waals surface area contributed by atoms with E-state index in [4.69, 9.17) is 0 Å². The van der Waals surface area contributed by atoms with Gasteiger partial charge in [0, 0.05) is 0 Å². The van der Waals surface area contributed by atoms with Gasteiger partial charge in [0.2, 0.25) is 0 Å². The highest BCUT2D eigenvalue weighted by Crippen LogP contribution is 2.16. The molecule has 0 fully saturated rings. The summed E-state index contributed by atoms with van der Waals surface area (Å²) >= 11 is 0. The summed E-state index contributed by atoms with van der Waals surface area (Å²) in [5, 5.41) is 0. The van der Waals surface area contributed by atoms with E-state index >= 15 is 0 Å². The SMILES string of the molecule is CCCCCCCCCCCCCCCCCCCCCCCCCCCCCc1ccccc1. The third-order valence-electron chi connectivity index (χ3n) is 7.91. The Morgan fingerprint density at radius 3 is 0.857 bits per heavy atom. The Morgan fingerprint density at radius 1 is 0.314 bits per heavy atom. The summed E-state index contributed by atoms with van der Waals surface area (Å²) in [6.07, 6.45) is 40.9. The van der Waals surface area contributed by atoms with Crippen molar-refractivity contribution in [2.24, 2.45) is 0 Å². The first-order chi connectivity index (χ1) is 17.4. The summed E-state index contributed by atoms with van der Waals surface area (Å²) in [5.74, 6) is 0. The van der Waals surface area contributed by atoms with Gasteiger partial charge in [-0.1, -0.05) is 204 Å². The highest BCUT2D eigenvalue weighted by Gasteiger charge is 1.97. The molecule has 0 saturated carbocycles. The fourth-order valence-electron chi connectivity index (χ4n) is 5.47. The van der Waals surface area contributed by atoms with Gasteiger partial charge in [0.25, 0.3) is 0 Å². The molecule has 0 nitrogen and oxygen atoms in total. The summed E-state index contributed by atoms with van der Waals surface area (Å²) in [5.41, 5.74) is 1.51. The third kappa shape index (κ3) is 24.7. The van der Waals surface area contributed by atoms with E-state index < -0.39 is 0 Å². The van der Waals surface area contributed by atoms with Gasteiger partial charge >= 0.3 is 0 Å². The summed E-state index contributed by atoms with van der Waals surface area (Å²) in [4.78, 5) is 0. The second kappa shape index (κ2) is 27.8. The minimum absolute atomic E-state index is 1.26. The minimum Gasteiger partial charge on any atom is -0.0654 e. The van der Waals surface area contributed by atoms with E-state index in [1.807, 2.05) is 0 Å². The van der Waals surface area contributed by atoms with Crippen LogP contribution in [-0.2, 0) is 6.42 Å². The summed E-state index contributed by atoms with van der Waals surface area (Å²) in [6, 6.07) is 11.0. The monoisotopic (exact) mass is 485 g/mol. The van der Waals surface area contributed by atoms with Gasteiger partial charge in [-0.15, -0.1) is 0 Å². The van der Waals surface area contributed by atoms with Crippen molar-refractivity contribution in [3.05, 3.63) is 35.9 Å². The van der Waals surface area contributed by atoms with Crippen LogP contribution in [0.25, 0.3) is 0 Å². The Hall–Kier alpha value is -0.780. The zero-order valence-corrected chi connectivity index (χ0v) is 24.2. The minimum atomic E-state index is 1.26. The molecule has 0 aliphatic rings. The predicted molar refractivity (Wildman–Crippen MR) is 160 cm³/mol. The van der Waals surface area contributed by atoms with Crippen molar-refractivity contribution >= 4 is 0 Å². The van der Waals surface area contributed by atoms with E-state index in [9.17, 15) is 0 Å². The standard InChI is InChI=1S/C35H64/c1-2-3-4-5-6-7-8-9-10-11-12-13-14-15-16-17-18-19-20-21-22-23-24-25-26-27-29-32-35-33-30-28-31-34-35/h28,30-31,33-34H,2-27,29,32H2,1H3. The lowest BCUT2D eigenvalue weighted by molar-refractivity contribution is 0.514. The van der Waals surface area contributed by atoms with Gasteiger partial charge in [-0.2, -0.15) is 0 Å². The summed E-state index contributed by atoms with van der Waals surface area (Å²) in [7, 11) is 0. The van der Waals surface area contributed by atoms with E-state index in [0.717, 1.165) is 0 Å². The zero-order chi connectivity index (χ0) is 24.9. The van der Waals surface area contributed by atoms with E-state index in [-0.39, 0.29) is 0 Å². The molecule has 204 valence electrons. The maximum atomic E-state index is 2.31. The molecule has 0 radical (unpaired) electrons. The molecule has 0 atom stereocenters. The van der Waals surface area contributed by atoms with Crippen LogP contribution in [0, 0.1) is 0 Å². The maximum Gasteiger partial charge on any atom is -0.0279 e. The van der Waals surface area contributed by atoms with Crippen molar-refractivity contribution in [1.29, 1.82) is 0 Å². The Bertz CT molecular complexity index is 490. The fraction of sp³-hybridized carbons (Fsp3) is 0.829. The molecular formula is C35H64. The molecule has 35 heavy (non-hydrogen) atoms. The van der Waals surface area contributed by atoms with E-state index in [1.54, 1.807) is 0 Å². The topological polar surface area (TPSA) is 0 Å². The first kappa shape index (κ1) is 32.2. The van der Waals surface area contributed by atoms with Gasteiger partial charge in [-0.3, -0.25) is 0 Å². The molecule has 1 aromatic carbocycles. The summed E-state index contributed by atoms with van der Waals surface area (Å²) in [6.45, 7) is 2.31. The molecule has 1 rings (SSSR count). The lowest BCUT2D eigenvalue weighted by Gasteiger charge is -2.04. The third-order valence-corrected chi connectivity index (χ3v) is 7.91.